The van der Waals surface area contributed by atoms with Gasteiger partial charge in [-0.05, 0) is 42.5 Å². The van der Waals surface area contributed by atoms with E-state index in [0.717, 1.165) is 18.2 Å². The van der Waals surface area contributed by atoms with Crippen molar-refractivity contribution in [2.45, 2.75) is 6.10 Å². The SMILES string of the molecule is O=C(O[C@H](C(=O)c1ccccc1)c1ccc(Cl)cc1)c1ccc(Oc2ccc([N+](=O)[O-])cc2[N+](=O)[O-])cc1. The summed E-state index contributed by atoms with van der Waals surface area (Å²) in [6.45, 7) is 0. The lowest BCUT2D eigenvalue weighted by atomic mass is 9.99. The number of nitro benzene ring substituents is 2. The van der Waals surface area contributed by atoms with E-state index in [0.29, 0.717) is 16.1 Å². The Hall–Kier alpha value is -5.09. The second-order valence-electron chi connectivity index (χ2n) is 7.86. The fraction of sp³-hybridized carbons (Fsp3) is 0.0370. The Bertz CT molecular complexity index is 1510. The molecule has 0 amide bonds. The lowest BCUT2D eigenvalue weighted by Crippen LogP contribution is -2.20. The van der Waals surface area contributed by atoms with Crippen LogP contribution in [-0.4, -0.2) is 21.6 Å². The Morgan fingerprint density at radius 2 is 1.42 bits per heavy atom. The van der Waals surface area contributed by atoms with Crippen molar-refractivity contribution in [3.05, 3.63) is 139 Å². The number of hydrogen-bond acceptors (Lipinski definition) is 8. The van der Waals surface area contributed by atoms with Crippen molar-refractivity contribution in [1.29, 1.82) is 0 Å². The number of carbonyl (C=O) groups excluding carboxylic acids is 2. The maximum atomic E-state index is 13.2. The number of benzene rings is 4. The fourth-order valence-electron chi connectivity index (χ4n) is 3.47. The number of nitrogens with zero attached hydrogens (tertiary/aromatic N) is 2. The first-order valence-electron chi connectivity index (χ1n) is 11.0. The lowest BCUT2D eigenvalue weighted by Gasteiger charge is -2.18. The molecule has 0 spiro atoms. The number of halogens is 1. The third-order valence-electron chi connectivity index (χ3n) is 5.36. The van der Waals surface area contributed by atoms with Gasteiger partial charge >= 0.3 is 11.7 Å². The summed E-state index contributed by atoms with van der Waals surface area (Å²) in [5, 5.41) is 22.7. The van der Waals surface area contributed by atoms with Gasteiger partial charge in [0.15, 0.2) is 6.10 Å². The number of ether oxygens (including phenoxy) is 2. The quantitative estimate of drug-likeness (QED) is 0.1000. The number of Topliss-reactive ketones (excluding diaryl/α,β-unsaturated/α-hetero) is 1. The molecule has 0 aromatic heterocycles. The topological polar surface area (TPSA) is 139 Å². The molecule has 4 aromatic rings. The molecule has 0 bridgehead atoms. The molecule has 0 aliphatic rings. The molecule has 0 heterocycles. The van der Waals surface area contributed by atoms with Gasteiger partial charge in [-0.15, -0.1) is 0 Å². The molecule has 0 saturated heterocycles. The molecule has 4 rings (SSSR count). The summed E-state index contributed by atoms with van der Waals surface area (Å²) in [5.41, 5.74) is -0.165. The van der Waals surface area contributed by atoms with Crippen molar-refractivity contribution in [3.63, 3.8) is 0 Å². The average Bonchev–Trinajstić information content (AvgIpc) is 2.92. The molecule has 4 aromatic carbocycles. The summed E-state index contributed by atoms with van der Waals surface area (Å²) in [5.74, 6) is -1.30. The van der Waals surface area contributed by atoms with Gasteiger partial charge in [-0.25, -0.2) is 4.79 Å². The third kappa shape index (κ3) is 6.00. The molecule has 0 saturated carbocycles. The molecule has 0 N–H and O–H groups in total. The highest BCUT2D eigenvalue weighted by Crippen LogP contribution is 2.34. The smallest absolute Gasteiger partial charge is 0.339 e. The average molecular weight is 533 g/mol. The van der Waals surface area contributed by atoms with E-state index in [1.54, 1.807) is 54.6 Å². The highest BCUT2D eigenvalue weighted by molar-refractivity contribution is 6.30. The Morgan fingerprint density at radius 1 is 0.763 bits per heavy atom. The van der Waals surface area contributed by atoms with Crippen molar-refractivity contribution in [3.8, 4) is 11.5 Å². The first-order chi connectivity index (χ1) is 18.2. The van der Waals surface area contributed by atoms with Crippen molar-refractivity contribution in [2.75, 3.05) is 0 Å². The van der Waals surface area contributed by atoms with E-state index >= 15 is 0 Å². The van der Waals surface area contributed by atoms with Crippen molar-refractivity contribution in [1.82, 2.24) is 0 Å². The summed E-state index contributed by atoms with van der Waals surface area (Å²) in [6.07, 6.45) is -1.24. The van der Waals surface area contributed by atoms with Crippen LogP contribution in [0.2, 0.25) is 5.02 Å². The van der Waals surface area contributed by atoms with Crippen LogP contribution in [0.1, 0.15) is 32.4 Å². The van der Waals surface area contributed by atoms with Crippen LogP contribution in [0.4, 0.5) is 11.4 Å². The summed E-state index contributed by atoms with van der Waals surface area (Å²) < 4.78 is 11.1. The van der Waals surface area contributed by atoms with Crippen molar-refractivity contribution in [2.24, 2.45) is 0 Å². The van der Waals surface area contributed by atoms with Crippen LogP contribution >= 0.6 is 11.6 Å². The molecule has 0 fully saturated rings. The van der Waals surface area contributed by atoms with Gasteiger partial charge in [0.05, 0.1) is 21.5 Å². The predicted octanol–water partition coefficient (Wildman–Crippen LogP) is 6.73. The number of ketones is 1. The zero-order valence-electron chi connectivity index (χ0n) is 19.4. The van der Waals surface area contributed by atoms with Gasteiger partial charge in [0.1, 0.15) is 5.75 Å². The summed E-state index contributed by atoms with van der Waals surface area (Å²) >= 11 is 5.96. The number of rotatable bonds is 9. The van der Waals surface area contributed by atoms with E-state index in [9.17, 15) is 29.8 Å². The number of nitro groups is 2. The third-order valence-corrected chi connectivity index (χ3v) is 5.61. The minimum Gasteiger partial charge on any atom is -0.450 e. The summed E-state index contributed by atoms with van der Waals surface area (Å²) in [7, 11) is 0. The Morgan fingerprint density at radius 3 is 2.03 bits per heavy atom. The first kappa shape index (κ1) is 26.0. The van der Waals surface area contributed by atoms with Crippen LogP contribution in [0, 0.1) is 20.2 Å². The molecular weight excluding hydrogens is 516 g/mol. The highest BCUT2D eigenvalue weighted by atomic mass is 35.5. The van der Waals surface area contributed by atoms with Gasteiger partial charge in [0.25, 0.3) is 5.69 Å². The van der Waals surface area contributed by atoms with Gasteiger partial charge in [0, 0.05) is 22.2 Å². The largest absolute Gasteiger partial charge is 0.450 e. The second kappa shape index (κ2) is 11.3. The number of esters is 1. The van der Waals surface area contributed by atoms with Crippen LogP contribution in [-0.2, 0) is 4.74 Å². The second-order valence-corrected chi connectivity index (χ2v) is 8.30. The molecule has 11 heteroatoms. The van der Waals surface area contributed by atoms with E-state index in [1.165, 1.54) is 24.3 Å². The maximum absolute atomic E-state index is 13.2. The normalized spacial score (nSPS) is 11.3. The Kier molecular flexibility index (Phi) is 7.74. The monoisotopic (exact) mass is 532 g/mol. The van der Waals surface area contributed by atoms with Gasteiger partial charge in [0.2, 0.25) is 11.5 Å². The number of non-ortho nitro benzene ring substituents is 1. The Balaban J connectivity index is 1.55. The minimum absolute atomic E-state index is 0.0929. The van der Waals surface area contributed by atoms with E-state index in [1.807, 2.05) is 0 Å². The molecule has 190 valence electrons. The van der Waals surface area contributed by atoms with Crippen LogP contribution in [0.15, 0.2) is 97.1 Å². The molecule has 0 radical (unpaired) electrons. The molecule has 10 nitrogen and oxygen atoms in total. The van der Waals surface area contributed by atoms with Crippen molar-refractivity contribution >= 4 is 34.7 Å². The maximum Gasteiger partial charge on any atom is 0.339 e. The van der Waals surface area contributed by atoms with Gasteiger partial charge < -0.3 is 9.47 Å². The summed E-state index contributed by atoms with van der Waals surface area (Å²) in [6, 6.07) is 23.2. The van der Waals surface area contributed by atoms with Crippen LogP contribution in [0.5, 0.6) is 11.5 Å². The standard InChI is InChI=1S/C27H17ClN2O8/c28-20-10-6-18(7-11-20)26(25(31)17-4-2-1-3-5-17)38-27(32)19-8-13-22(14-9-19)37-24-15-12-21(29(33)34)16-23(24)30(35)36/h1-16,26H/t26-/m0/s1. The molecule has 1 atom stereocenters. The van der Waals surface area contributed by atoms with E-state index in [4.69, 9.17) is 21.1 Å². The van der Waals surface area contributed by atoms with Gasteiger partial charge in [-0.3, -0.25) is 25.0 Å². The number of carbonyl (C=O) groups is 2. The minimum atomic E-state index is -1.24. The molecule has 38 heavy (non-hydrogen) atoms. The van der Waals surface area contributed by atoms with Crippen LogP contribution in [0.3, 0.4) is 0 Å². The van der Waals surface area contributed by atoms with Gasteiger partial charge in [-0.2, -0.15) is 0 Å². The molecule has 0 unspecified atom stereocenters. The fourth-order valence-corrected chi connectivity index (χ4v) is 3.60. The van der Waals surface area contributed by atoms with Crippen LogP contribution < -0.4 is 4.74 Å². The van der Waals surface area contributed by atoms with Gasteiger partial charge in [-0.1, -0.05) is 54.1 Å². The molecule has 0 aliphatic carbocycles. The Labute approximate surface area is 220 Å². The zero-order chi connectivity index (χ0) is 27.2. The first-order valence-corrected chi connectivity index (χ1v) is 11.4. The van der Waals surface area contributed by atoms with E-state index < -0.39 is 39.1 Å². The lowest BCUT2D eigenvalue weighted by molar-refractivity contribution is -0.394. The zero-order valence-corrected chi connectivity index (χ0v) is 20.1. The summed E-state index contributed by atoms with van der Waals surface area (Å²) in [4.78, 5) is 46.8. The van der Waals surface area contributed by atoms with Crippen LogP contribution in [0.25, 0.3) is 0 Å². The van der Waals surface area contributed by atoms with Crippen molar-refractivity contribution < 1.29 is 28.9 Å². The predicted molar refractivity (Wildman–Crippen MR) is 137 cm³/mol. The van der Waals surface area contributed by atoms with E-state index in [2.05, 4.69) is 0 Å². The highest BCUT2D eigenvalue weighted by Gasteiger charge is 2.27. The molecular formula is C27H17ClN2O8. The molecule has 0 aliphatic heterocycles. The number of hydrogen-bond donors (Lipinski definition) is 0. The van der Waals surface area contributed by atoms with E-state index in [-0.39, 0.29) is 17.1 Å².